The molecule has 90 valence electrons. The molecule has 1 aliphatic rings. The Labute approximate surface area is 112 Å². The highest BCUT2D eigenvalue weighted by atomic mass is 79.9. The highest BCUT2D eigenvalue weighted by molar-refractivity contribution is 9.10. The zero-order chi connectivity index (χ0) is 10.8. The van der Waals surface area contributed by atoms with E-state index in [9.17, 15) is 0 Å². The first-order valence-electron chi connectivity index (χ1n) is 5.70. The molecule has 1 atom stereocenters. The van der Waals surface area contributed by atoms with Crippen molar-refractivity contribution in [3.8, 4) is 0 Å². The van der Waals surface area contributed by atoms with E-state index in [2.05, 4.69) is 41.1 Å². The summed E-state index contributed by atoms with van der Waals surface area (Å²) in [5.41, 5.74) is 8.87. The smallest absolute Gasteiger partial charge is 0.0334 e. The van der Waals surface area contributed by atoms with Gasteiger partial charge in [0.1, 0.15) is 0 Å². The molecule has 0 saturated heterocycles. The van der Waals surface area contributed by atoms with E-state index in [1.165, 1.54) is 41.3 Å². The topological polar surface area (TPSA) is 26.0 Å². The third kappa shape index (κ3) is 2.99. The summed E-state index contributed by atoms with van der Waals surface area (Å²) in [6.45, 7) is 2.11. The molecule has 1 saturated carbocycles. The Hall–Kier alpha value is -0.0500. The Morgan fingerprint density at radius 3 is 2.50 bits per heavy atom. The summed E-state index contributed by atoms with van der Waals surface area (Å²) < 4.78 is 1.17. The van der Waals surface area contributed by atoms with E-state index >= 15 is 0 Å². The maximum absolute atomic E-state index is 6.32. The van der Waals surface area contributed by atoms with Crippen molar-refractivity contribution in [3.63, 3.8) is 0 Å². The Kier molecular flexibility index (Phi) is 5.29. The van der Waals surface area contributed by atoms with Crippen molar-refractivity contribution in [1.82, 2.24) is 0 Å². The summed E-state index contributed by atoms with van der Waals surface area (Å²) in [5.74, 6) is 0.684. The Morgan fingerprint density at radius 2 is 1.94 bits per heavy atom. The molecule has 0 bridgehead atoms. The van der Waals surface area contributed by atoms with Gasteiger partial charge in [0, 0.05) is 10.5 Å². The van der Waals surface area contributed by atoms with Crippen LogP contribution in [0.1, 0.15) is 42.9 Å². The van der Waals surface area contributed by atoms with E-state index in [1.807, 2.05) is 0 Å². The van der Waals surface area contributed by atoms with Gasteiger partial charge in [0.15, 0.2) is 0 Å². The van der Waals surface area contributed by atoms with Crippen molar-refractivity contribution < 1.29 is 0 Å². The van der Waals surface area contributed by atoms with Gasteiger partial charge in [-0.25, -0.2) is 0 Å². The lowest BCUT2D eigenvalue weighted by atomic mass is 9.92. The standard InChI is InChI=1S/C13H18BrN.ClH/c1-9-6-7-11(12(14)8-9)13(15)10-4-2-3-5-10;/h6-8,10,13H,2-5,15H2,1H3;1H/t13-;/m0./s1. The number of benzene rings is 1. The molecule has 0 radical (unpaired) electrons. The average Bonchev–Trinajstić information content (AvgIpc) is 2.69. The van der Waals surface area contributed by atoms with Crippen molar-refractivity contribution in [2.24, 2.45) is 11.7 Å². The quantitative estimate of drug-likeness (QED) is 0.862. The molecule has 0 aliphatic heterocycles. The minimum absolute atomic E-state index is 0. The van der Waals surface area contributed by atoms with Crippen LogP contribution in [0.2, 0.25) is 0 Å². The Balaban J connectivity index is 0.00000128. The van der Waals surface area contributed by atoms with Crippen LogP contribution in [0.25, 0.3) is 0 Å². The Morgan fingerprint density at radius 1 is 1.31 bits per heavy atom. The fourth-order valence-electron chi connectivity index (χ4n) is 2.47. The van der Waals surface area contributed by atoms with Crippen LogP contribution in [0.5, 0.6) is 0 Å². The predicted molar refractivity (Wildman–Crippen MR) is 75.0 cm³/mol. The van der Waals surface area contributed by atoms with Crippen LogP contribution in [-0.2, 0) is 0 Å². The summed E-state index contributed by atoms with van der Waals surface area (Å²) in [4.78, 5) is 0. The second-order valence-corrected chi connectivity index (χ2v) is 5.45. The molecule has 1 aliphatic carbocycles. The van der Waals surface area contributed by atoms with Gasteiger partial charge in [-0.05, 0) is 42.9 Å². The van der Waals surface area contributed by atoms with Gasteiger partial charge in [-0.3, -0.25) is 0 Å². The molecule has 1 nitrogen and oxygen atoms in total. The van der Waals surface area contributed by atoms with Gasteiger partial charge < -0.3 is 5.73 Å². The van der Waals surface area contributed by atoms with E-state index in [0.717, 1.165) is 0 Å². The molecule has 0 aromatic heterocycles. The summed E-state index contributed by atoms with van der Waals surface area (Å²) in [6, 6.07) is 6.68. The molecule has 0 unspecified atom stereocenters. The fourth-order valence-corrected chi connectivity index (χ4v) is 3.23. The molecule has 3 heteroatoms. The highest BCUT2D eigenvalue weighted by Crippen LogP contribution is 2.36. The largest absolute Gasteiger partial charge is 0.324 e. The van der Waals surface area contributed by atoms with Gasteiger partial charge in [-0.15, -0.1) is 12.4 Å². The van der Waals surface area contributed by atoms with E-state index < -0.39 is 0 Å². The van der Waals surface area contributed by atoms with Crippen LogP contribution in [0.4, 0.5) is 0 Å². The zero-order valence-corrected chi connectivity index (χ0v) is 12.0. The molecule has 1 fully saturated rings. The summed E-state index contributed by atoms with van der Waals surface area (Å²) >= 11 is 3.61. The monoisotopic (exact) mass is 303 g/mol. The number of hydrogen-bond donors (Lipinski definition) is 1. The van der Waals surface area contributed by atoms with E-state index in [-0.39, 0.29) is 18.4 Å². The van der Waals surface area contributed by atoms with Crippen molar-refractivity contribution in [2.45, 2.75) is 38.6 Å². The zero-order valence-electron chi connectivity index (χ0n) is 9.58. The van der Waals surface area contributed by atoms with Gasteiger partial charge in [-0.2, -0.15) is 0 Å². The molecule has 0 spiro atoms. The van der Waals surface area contributed by atoms with E-state index in [1.54, 1.807) is 0 Å². The normalized spacial score (nSPS) is 18.2. The molecule has 2 rings (SSSR count). The Bertz CT molecular complexity index is 348. The van der Waals surface area contributed by atoms with E-state index in [4.69, 9.17) is 5.73 Å². The summed E-state index contributed by atoms with van der Waals surface area (Å²) in [5, 5.41) is 0. The number of aryl methyl sites for hydroxylation is 1. The van der Waals surface area contributed by atoms with Crippen LogP contribution >= 0.6 is 28.3 Å². The predicted octanol–water partition coefficient (Wildman–Crippen LogP) is 4.37. The van der Waals surface area contributed by atoms with Gasteiger partial charge in [0.05, 0.1) is 0 Å². The first kappa shape index (κ1) is 14.0. The molecular weight excluding hydrogens is 286 g/mol. The highest BCUT2D eigenvalue weighted by Gasteiger charge is 2.24. The minimum atomic E-state index is 0. The number of hydrogen-bond acceptors (Lipinski definition) is 1. The van der Waals surface area contributed by atoms with Crippen LogP contribution < -0.4 is 5.73 Å². The van der Waals surface area contributed by atoms with E-state index in [0.29, 0.717) is 5.92 Å². The average molecular weight is 305 g/mol. The number of rotatable bonds is 2. The lowest BCUT2D eigenvalue weighted by Gasteiger charge is -2.20. The van der Waals surface area contributed by atoms with Crippen LogP contribution in [0.15, 0.2) is 22.7 Å². The molecule has 2 N–H and O–H groups in total. The van der Waals surface area contributed by atoms with Crippen molar-refractivity contribution in [2.75, 3.05) is 0 Å². The first-order chi connectivity index (χ1) is 7.18. The second-order valence-electron chi connectivity index (χ2n) is 4.60. The van der Waals surface area contributed by atoms with Crippen molar-refractivity contribution >= 4 is 28.3 Å². The van der Waals surface area contributed by atoms with Gasteiger partial charge in [0.2, 0.25) is 0 Å². The number of halogens is 2. The SMILES string of the molecule is Cc1ccc([C@@H](N)C2CCCC2)c(Br)c1.Cl. The molecule has 1 aromatic rings. The van der Waals surface area contributed by atoms with Crippen LogP contribution in [0, 0.1) is 12.8 Å². The third-order valence-electron chi connectivity index (χ3n) is 3.42. The molecular formula is C13H19BrClN. The van der Waals surface area contributed by atoms with Gasteiger partial charge in [0.25, 0.3) is 0 Å². The van der Waals surface area contributed by atoms with Gasteiger partial charge in [-0.1, -0.05) is 40.9 Å². The van der Waals surface area contributed by atoms with Gasteiger partial charge >= 0.3 is 0 Å². The molecule has 1 aromatic carbocycles. The molecule has 0 amide bonds. The molecule has 16 heavy (non-hydrogen) atoms. The second kappa shape index (κ2) is 6.04. The maximum Gasteiger partial charge on any atom is 0.0334 e. The lowest BCUT2D eigenvalue weighted by molar-refractivity contribution is 0.443. The fraction of sp³-hybridized carbons (Fsp3) is 0.538. The number of nitrogens with two attached hydrogens (primary N) is 1. The summed E-state index contributed by atoms with van der Waals surface area (Å²) in [6.07, 6.45) is 5.28. The minimum Gasteiger partial charge on any atom is -0.324 e. The third-order valence-corrected chi connectivity index (χ3v) is 4.11. The van der Waals surface area contributed by atoms with Crippen molar-refractivity contribution in [3.05, 3.63) is 33.8 Å². The lowest BCUT2D eigenvalue weighted by Crippen LogP contribution is -2.19. The summed E-state index contributed by atoms with van der Waals surface area (Å²) in [7, 11) is 0. The first-order valence-corrected chi connectivity index (χ1v) is 6.49. The molecule has 0 heterocycles. The maximum atomic E-state index is 6.32. The van der Waals surface area contributed by atoms with Crippen LogP contribution in [-0.4, -0.2) is 0 Å². The van der Waals surface area contributed by atoms with Crippen LogP contribution in [0.3, 0.4) is 0 Å². The van der Waals surface area contributed by atoms with Crippen molar-refractivity contribution in [1.29, 1.82) is 0 Å².